The van der Waals surface area contributed by atoms with Crippen LogP contribution in [0.15, 0.2) is 0 Å². The molecule has 0 fully saturated rings. The number of hydrogen-bond acceptors (Lipinski definition) is 8. The molecule has 3 aromatic heterocycles. The summed E-state index contributed by atoms with van der Waals surface area (Å²) in [5.41, 5.74) is 7.61. The van der Waals surface area contributed by atoms with E-state index < -0.39 is 12.0 Å². The summed E-state index contributed by atoms with van der Waals surface area (Å²) in [6, 6.07) is -0.681. The Hall–Kier alpha value is -2.59. The third kappa shape index (κ3) is 2.75. The zero-order valence-electron chi connectivity index (χ0n) is 15.6. The zero-order valence-corrected chi connectivity index (χ0v) is 16.4. The lowest BCUT2D eigenvalue weighted by Gasteiger charge is -2.32. The average Bonchev–Trinajstić information content (AvgIpc) is 3.21. The number of hydrogen-bond donors (Lipinski definition) is 2. The largest absolute Gasteiger partial charge is 0.480 e. The summed E-state index contributed by atoms with van der Waals surface area (Å²) in [6.07, 6.45) is 4.49. The first kappa shape index (κ1) is 17.5. The Morgan fingerprint density at radius 3 is 2.93 bits per heavy atom. The monoisotopic (exact) mass is 399 g/mol. The van der Waals surface area contributed by atoms with Crippen LogP contribution in [0.5, 0.6) is 0 Å². The van der Waals surface area contributed by atoms with Crippen molar-refractivity contribution in [3.05, 3.63) is 27.9 Å². The van der Waals surface area contributed by atoms with E-state index in [2.05, 4.69) is 15.2 Å². The number of aryl methyl sites for hydroxylation is 3. The smallest absolute Gasteiger partial charge is 0.322 e. The summed E-state index contributed by atoms with van der Waals surface area (Å²) < 4.78 is 1.86. The summed E-state index contributed by atoms with van der Waals surface area (Å²) >= 11 is 1.70. The minimum atomic E-state index is -0.876. The van der Waals surface area contributed by atoms with Gasteiger partial charge in [-0.15, -0.1) is 21.5 Å². The van der Waals surface area contributed by atoms with Gasteiger partial charge in [-0.1, -0.05) is 0 Å². The summed E-state index contributed by atoms with van der Waals surface area (Å²) in [6.45, 7) is 2.85. The van der Waals surface area contributed by atoms with Crippen molar-refractivity contribution in [1.82, 2.24) is 29.6 Å². The summed E-state index contributed by atoms with van der Waals surface area (Å²) in [5.74, 6) is 1.67. The number of carboxylic acids is 1. The number of anilines is 1. The van der Waals surface area contributed by atoms with Crippen LogP contribution in [0.3, 0.4) is 0 Å². The molecule has 1 aliphatic carbocycles. The molecular formula is C18H21N7O2S. The van der Waals surface area contributed by atoms with Crippen LogP contribution in [0, 0.1) is 6.92 Å². The highest BCUT2D eigenvalue weighted by molar-refractivity contribution is 7.19. The van der Waals surface area contributed by atoms with Crippen LogP contribution >= 0.6 is 11.3 Å². The van der Waals surface area contributed by atoms with Gasteiger partial charge in [0.25, 0.3) is 0 Å². The molecule has 3 aromatic rings. The van der Waals surface area contributed by atoms with Crippen LogP contribution in [0.2, 0.25) is 0 Å². The van der Waals surface area contributed by atoms with Crippen LogP contribution < -0.4 is 5.73 Å². The molecule has 4 heterocycles. The molecular weight excluding hydrogens is 378 g/mol. The Kier molecular flexibility index (Phi) is 4.06. The van der Waals surface area contributed by atoms with Crippen molar-refractivity contribution in [3.63, 3.8) is 0 Å². The van der Waals surface area contributed by atoms with Crippen molar-refractivity contribution in [1.29, 1.82) is 0 Å². The van der Waals surface area contributed by atoms with Crippen LogP contribution in [-0.2, 0) is 37.3 Å². The van der Waals surface area contributed by atoms with E-state index in [0.717, 1.165) is 34.7 Å². The molecule has 1 unspecified atom stereocenters. The number of carbonyl (C=O) groups is 1. The van der Waals surface area contributed by atoms with E-state index in [4.69, 9.17) is 10.7 Å². The molecule has 0 amide bonds. The minimum absolute atomic E-state index is 0.311. The molecule has 2 aliphatic rings. The zero-order chi connectivity index (χ0) is 19.4. The maximum absolute atomic E-state index is 11.9. The van der Waals surface area contributed by atoms with Crippen molar-refractivity contribution in [2.24, 2.45) is 0 Å². The molecule has 1 aliphatic heterocycles. The van der Waals surface area contributed by atoms with Gasteiger partial charge >= 0.3 is 5.97 Å². The molecule has 146 valence electrons. The lowest BCUT2D eigenvalue weighted by molar-refractivity contribution is -0.145. The average molecular weight is 399 g/mol. The first-order valence-electron chi connectivity index (χ1n) is 9.43. The number of thiophene rings is 1. The second-order valence-corrected chi connectivity index (χ2v) is 8.53. The summed E-state index contributed by atoms with van der Waals surface area (Å²) in [7, 11) is 0. The maximum Gasteiger partial charge on any atom is 0.322 e. The molecule has 0 spiro atoms. The van der Waals surface area contributed by atoms with E-state index >= 15 is 0 Å². The third-order valence-electron chi connectivity index (χ3n) is 5.67. The second kappa shape index (κ2) is 6.49. The molecule has 28 heavy (non-hydrogen) atoms. The molecule has 0 radical (unpaired) electrons. The van der Waals surface area contributed by atoms with Crippen molar-refractivity contribution in [3.8, 4) is 0 Å². The topological polar surface area (TPSA) is 123 Å². The fourth-order valence-electron chi connectivity index (χ4n) is 4.24. The van der Waals surface area contributed by atoms with Gasteiger partial charge in [0.05, 0.1) is 25.0 Å². The molecule has 9 nitrogen and oxygen atoms in total. The number of fused-ring (bicyclic) bond motifs is 4. The predicted molar refractivity (Wildman–Crippen MR) is 104 cm³/mol. The van der Waals surface area contributed by atoms with Crippen molar-refractivity contribution in [2.45, 2.75) is 58.3 Å². The summed E-state index contributed by atoms with van der Waals surface area (Å²) in [5, 5.41) is 18.9. The Labute approximate surface area is 165 Å². The van der Waals surface area contributed by atoms with E-state index in [1.165, 1.54) is 23.3 Å². The van der Waals surface area contributed by atoms with Crippen molar-refractivity contribution >= 4 is 33.3 Å². The van der Waals surface area contributed by atoms with Gasteiger partial charge in [0.1, 0.15) is 34.2 Å². The van der Waals surface area contributed by atoms with Gasteiger partial charge in [-0.3, -0.25) is 9.69 Å². The van der Waals surface area contributed by atoms with Gasteiger partial charge in [0, 0.05) is 4.88 Å². The first-order chi connectivity index (χ1) is 13.5. The van der Waals surface area contributed by atoms with Crippen molar-refractivity contribution < 1.29 is 9.90 Å². The second-order valence-electron chi connectivity index (χ2n) is 7.45. The Balaban J connectivity index is 1.49. The molecule has 0 aromatic carbocycles. The lowest BCUT2D eigenvalue weighted by Crippen LogP contribution is -2.47. The van der Waals surface area contributed by atoms with E-state index in [9.17, 15) is 9.90 Å². The van der Waals surface area contributed by atoms with E-state index in [-0.39, 0.29) is 0 Å². The third-order valence-corrected chi connectivity index (χ3v) is 6.86. The maximum atomic E-state index is 11.9. The number of nitrogens with zero attached hydrogens (tertiary/aromatic N) is 6. The quantitative estimate of drug-likeness (QED) is 0.679. The molecule has 3 N–H and O–H groups in total. The van der Waals surface area contributed by atoms with Crippen LogP contribution in [-0.4, -0.2) is 46.8 Å². The number of aromatic nitrogens is 5. The van der Waals surface area contributed by atoms with Gasteiger partial charge < -0.3 is 15.4 Å². The predicted octanol–water partition coefficient (Wildman–Crippen LogP) is 1.52. The van der Waals surface area contributed by atoms with Gasteiger partial charge in [-0.2, -0.15) is 0 Å². The van der Waals surface area contributed by atoms with Crippen LogP contribution in [0.1, 0.15) is 40.8 Å². The van der Waals surface area contributed by atoms with E-state index in [1.54, 1.807) is 11.3 Å². The first-order valence-corrected chi connectivity index (χ1v) is 10.2. The molecule has 0 saturated heterocycles. The number of rotatable bonds is 3. The van der Waals surface area contributed by atoms with Crippen molar-refractivity contribution in [2.75, 3.05) is 5.73 Å². The highest BCUT2D eigenvalue weighted by atomic mass is 32.1. The number of nitrogen functional groups attached to an aromatic ring is 1. The standard InChI is InChI=1S/C18H21N7O2S/c1-9-22-23-14-8-24(11(18(26)27)6-25(9)14)7-13-20-16(19)15-10-4-2-3-5-12(10)28-17(15)21-13/h11H,2-8H2,1H3,(H,26,27)(H2,19,20,21). The molecule has 1 atom stereocenters. The molecule has 0 bridgehead atoms. The van der Waals surface area contributed by atoms with Gasteiger partial charge in [-0.05, 0) is 38.2 Å². The highest BCUT2D eigenvalue weighted by Gasteiger charge is 2.34. The Morgan fingerprint density at radius 1 is 1.29 bits per heavy atom. The van der Waals surface area contributed by atoms with E-state index in [1.807, 2.05) is 16.4 Å². The van der Waals surface area contributed by atoms with Gasteiger partial charge in [0.2, 0.25) is 0 Å². The lowest BCUT2D eigenvalue weighted by atomic mass is 9.97. The highest BCUT2D eigenvalue weighted by Crippen LogP contribution is 2.37. The fourth-order valence-corrected chi connectivity index (χ4v) is 5.53. The fraction of sp³-hybridized carbons (Fsp3) is 0.500. The Bertz CT molecular complexity index is 1090. The molecule has 10 heteroatoms. The van der Waals surface area contributed by atoms with Gasteiger partial charge in [-0.25, -0.2) is 9.97 Å². The normalized spacial score (nSPS) is 19.5. The van der Waals surface area contributed by atoms with Crippen LogP contribution in [0.4, 0.5) is 5.82 Å². The molecule has 5 rings (SSSR count). The minimum Gasteiger partial charge on any atom is -0.480 e. The summed E-state index contributed by atoms with van der Waals surface area (Å²) in [4.78, 5) is 25.2. The SMILES string of the molecule is Cc1nnc2n1CC(C(=O)O)N(Cc1nc(N)c3c4c(sc3n1)CCCC4)C2. The molecule has 0 saturated carbocycles. The van der Waals surface area contributed by atoms with E-state index in [0.29, 0.717) is 31.3 Å². The van der Waals surface area contributed by atoms with Crippen LogP contribution in [0.25, 0.3) is 10.2 Å². The Morgan fingerprint density at radius 2 is 2.11 bits per heavy atom. The van der Waals surface area contributed by atoms with Gasteiger partial charge in [0.15, 0.2) is 0 Å². The number of aliphatic carboxylic acids is 1. The number of nitrogens with two attached hydrogens (primary N) is 1. The number of carboxylic acid groups (broad SMARTS) is 1.